The Bertz CT molecular complexity index is 4.14. The summed E-state index contributed by atoms with van der Waals surface area (Å²) < 4.78 is 0. The van der Waals surface area contributed by atoms with Crippen molar-refractivity contribution in [3.05, 3.63) is 0 Å². The number of rotatable bonds is 0. The van der Waals surface area contributed by atoms with Gasteiger partial charge in [-0.2, -0.15) is 0 Å². The minimum Gasteiger partial charge on any atom is 0 e. The van der Waals surface area contributed by atoms with Crippen LogP contribution in [0.4, 0.5) is 0 Å². The Kier molecular flexibility index (Phi) is 3300. The molecule has 0 fully saturated rings. The van der Waals surface area contributed by atoms with Crippen LogP contribution in [-0.4, -0.2) is 50.5 Å². The maximum atomic E-state index is 0. The molecule has 7 heteroatoms. The van der Waals surface area contributed by atoms with E-state index in [0.29, 0.717) is 0 Å². The fraction of sp³-hybridized carbons (Fsp3) is 0. The van der Waals surface area contributed by atoms with Crippen LogP contribution in [0.2, 0.25) is 0 Å². The second kappa shape index (κ2) is 124. The summed E-state index contributed by atoms with van der Waals surface area (Å²) in [6.07, 6.45) is 0. The van der Waals surface area contributed by atoms with E-state index in [9.17, 15) is 0 Å². The molecule has 0 spiro atoms. The Morgan fingerprint density at radius 2 is 0.286 bits per heavy atom. The molecule has 29 valence electrons. The summed E-state index contributed by atoms with van der Waals surface area (Å²) in [4.78, 5) is 0. The Balaban J connectivity index is 0. The summed E-state index contributed by atoms with van der Waals surface area (Å²) in [7, 11) is 0. The quantitative estimate of drug-likeness (QED) is 0.411. The van der Waals surface area contributed by atoms with Gasteiger partial charge in [0.1, 0.15) is 0 Å². The van der Waals surface area contributed by atoms with Crippen molar-refractivity contribution in [2.24, 2.45) is 0 Å². The minimum atomic E-state index is 0. The molecule has 0 amide bonds. The molecule has 0 aromatic heterocycles. The van der Waals surface area contributed by atoms with E-state index in [1.54, 1.807) is 0 Å². The maximum Gasteiger partial charge on any atom is 0 e. The second-order valence-electron chi connectivity index (χ2n) is 0. The first-order valence-electron chi connectivity index (χ1n) is 0. The second-order valence-corrected chi connectivity index (χ2v) is 0. The van der Waals surface area contributed by atoms with Crippen LogP contribution < -0.4 is 0 Å². The molecule has 0 aliphatic carbocycles. The smallest absolute Gasteiger partial charge is 0 e. The monoisotopic (exact) mass is 231 g/mol. The van der Waals surface area contributed by atoms with Crippen LogP contribution in [0.3, 0.4) is 0 Å². The Labute approximate surface area is 87.4 Å². The zero-order valence-electron chi connectivity index (χ0n) is 3.77. The minimum absolute atomic E-state index is 0. The Morgan fingerprint density at radius 1 is 0.286 bits per heavy atom. The molecule has 7 heavy (non-hydrogen) atoms. The topological polar surface area (TPSA) is 0 Å². The zero-order valence-corrected chi connectivity index (χ0v) is 5.70. The van der Waals surface area contributed by atoms with E-state index >= 15 is 0 Å². The van der Waals surface area contributed by atoms with Crippen molar-refractivity contribution in [3.8, 4) is 0 Å². The van der Waals surface area contributed by atoms with Crippen LogP contribution in [0.25, 0.3) is 0 Å². The molecule has 0 aliphatic rings. The van der Waals surface area contributed by atoms with Gasteiger partial charge < -0.3 is 0 Å². The van der Waals surface area contributed by atoms with Gasteiger partial charge in [-0.15, -0.1) is 0 Å². The van der Waals surface area contributed by atoms with Gasteiger partial charge in [-0.1, -0.05) is 0 Å². The van der Waals surface area contributed by atoms with Gasteiger partial charge in [0.05, 0.1) is 0 Å². The van der Waals surface area contributed by atoms with Crippen LogP contribution in [0, 0.1) is 37.7 Å². The molecule has 0 heterocycles. The molecule has 0 saturated heterocycles. The third-order valence-corrected chi connectivity index (χ3v) is 0. The average Bonchev–Trinajstić information content (AvgIpc) is 0. The normalized spacial score (nSPS) is 0. The van der Waals surface area contributed by atoms with Gasteiger partial charge in [-0.3, -0.25) is 0 Å². The van der Waals surface area contributed by atoms with Gasteiger partial charge in [0.2, 0.25) is 0 Å². The standard InChI is InChI=1S/6B.Ho. The summed E-state index contributed by atoms with van der Waals surface area (Å²) in [6.45, 7) is 0. The molecule has 0 aliphatic heterocycles. The molecule has 0 N–H and O–H groups in total. The van der Waals surface area contributed by atoms with E-state index in [-0.39, 0.29) is 88.2 Å². The third kappa shape index (κ3) is 89.7. The van der Waals surface area contributed by atoms with Crippen molar-refractivity contribution >= 4 is 50.5 Å². The predicted octanol–water partition coefficient (Wildman–Crippen LogP) is -2.28. The largest absolute Gasteiger partial charge is 0 e. The first kappa shape index (κ1) is 186. The van der Waals surface area contributed by atoms with E-state index in [4.69, 9.17) is 0 Å². The molecule has 0 rings (SSSR count). The van der Waals surface area contributed by atoms with E-state index in [1.807, 2.05) is 0 Å². The van der Waals surface area contributed by atoms with Crippen LogP contribution in [0.5, 0.6) is 0 Å². The average molecular weight is 230 g/mol. The summed E-state index contributed by atoms with van der Waals surface area (Å²) in [5.74, 6) is 0. The molecule has 0 unspecified atom stereocenters. The molecule has 0 nitrogen and oxygen atoms in total. The number of hydrogen-bond acceptors (Lipinski definition) is 0. The first-order valence-corrected chi connectivity index (χ1v) is 0. The van der Waals surface area contributed by atoms with Crippen LogP contribution in [-0.2, 0) is 0 Å². The van der Waals surface area contributed by atoms with Crippen molar-refractivity contribution in [2.75, 3.05) is 0 Å². The summed E-state index contributed by atoms with van der Waals surface area (Å²) >= 11 is 0. The summed E-state index contributed by atoms with van der Waals surface area (Å²) in [6, 6.07) is 0. The molecule has 0 saturated carbocycles. The zero-order chi connectivity index (χ0) is 0. The molecule has 19 radical (unpaired) electrons. The van der Waals surface area contributed by atoms with Crippen molar-refractivity contribution < 1.29 is 37.7 Å². The van der Waals surface area contributed by atoms with E-state index in [2.05, 4.69) is 0 Å². The first-order chi connectivity index (χ1) is 0. The van der Waals surface area contributed by atoms with Gasteiger partial charge in [0, 0.05) is 88.2 Å². The molecular formula is B6Ho. The number of hydrogen-bond donors (Lipinski definition) is 0. The van der Waals surface area contributed by atoms with Gasteiger partial charge in [-0.25, -0.2) is 0 Å². The molecule has 0 aromatic carbocycles. The molecule has 0 bridgehead atoms. The fourth-order valence-corrected chi connectivity index (χ4v) is 0. The van der Waals surface area contributed by atoms with Gasteiger partial charge in [0.15, 0.2) is 0 Å². The summed E-state index contributed by atoms with van der Waals surface area (Å²) in [5.41, 5.74) is 0. The van der Waals surface area contributed by atoms with Crippen molar-refractivity contribution in [3.63, 3.8) is 0 Å². The maximum absolute atomic E-state index is 0. The van der Waals surface area contributed by atoms with Gasteiger partial charge in [0.25, 0.3) is 0 Å². The van der Waals surface area contributed by atoms with Crippen molar-refractivity contribution in [1.82, 2.24) is 0 Å². The summed E-state index contributed by atoms with van der Waals surface area (Å²) in [5, 5.41) is 0. The molecule has 0 atom stereocenters. The SMILES string of the molecule is [B].[B].[B].[B].[B].[B].[Ho]. The Hall–Kier alpha value is 1.65. The van der Waals surface area contributed by atoms with Gasteiger partial charge >= 0.3 is 0 Å². The van der Waals surface area contributed by atoms with Gasteiger partial charge in [-0.05, 0) is 0 Å². The van der Waals surface area contributed by atoms with E-state index in [1.165, 1.54) is 0 Å². The van der Waals surface area contributed by atoms with Crippen LogP contribution in [0.15, 0.2) is 0 Å². The van der Waals surface area contributed by atoms with Crippen LogP contribution in [0.1, 0.15) is 0 Å². The van der Waals surface area contributed by atoms with Crippen molar-refractivity contribution in [1.29, 1.82) is 0 Å². The third-order valence-electron chi connectivity index (χ3n) is 0. The predicted molar refractivity (Wildman–Crippen MR) is 34.5 cm³/mol. The molecule has 0 aromatic rings. The Morgan fingerprint density at radius 3 is 0.286 bits per heavy atom. The molecular weight excluding hydrogens is 230 g/mol. The fourth-order valence-electron chi connectivity index (χ4n) is 0. The van der Waals surface area contributed by atoms with E-state index < -0.39 is 0 Å². The van der Waals surface area contributed by atoms with Crippen LogP contribution >= 0.6 is 0 Å². The van der Waals surface area contributed by atoms with E-state index in [0.717, 1.165) is 0 Å². The van der Waals surface area contributed by atoms with Crippen molar-refractivity contribution in [2.45, 2.75) is 0 Å².